The Morgan fingerprint density at radius 1 is 1.32 bits per heavy atom. The molecule has 0 spiro atoms. The Hall–Kier alpha value is -1.91. The van der Waals surface area contributed by atoms with E-state index in [1.54, 1.807) is 0 Å². The lowest BCUT2D eigenvalue weighted by atomic mass is 10.0. The van der Waals surface area contributed by atoms with Crippen LogP contribution in [-0.2, 0) is 11.3 Å². The molecule has 104 valence electrons. The normalized spacial score (nSPS) is 11.9. The number of alkyl carbamates (subject to hydrolysis) is 1. The van der Waals surface area contributed by atoms with E-state index in [9.17, 15) is 9.70 Å². The Labute approximate surface area is 113 Å². The number of nitroso groups, excluding NO2 is 1. The highest BCUT2D eigenvalue weighted by atomic mass is 16.5. The van der Waals surface area contributed by atoms with Crippen LogP contribution in [0.3, 0.4) is 0 Å². The summed E-state index contributed by atoms with van der Waals surface area (Å²) in [7, 11) is 0. The molecule has 0 fully saturated rings. The van der Waals surface area contributed by atoms with E-state index in [4.69, 9.17) is 4.74 Å². The predicted octanol–water partition coefficient (Wildman–Crippen LogP) is 3.09. The number of nitrogens with zero attached hydrogens (tertiary/aromatic N) is 1. The van der Waals surface area contributed by atoms with Crippen LogP contribution in [0.2, 0.25) is 0 Å². The lowest BCUT2D eigenvalue weighted by molar-refractivity contribution is 0.134. The number of hydrogen-bond donors (Lipinski definition) is 1. The number of nitrogens with one attached hydrogen (secondary N) is 1. The average Bonchev–Trinajstić information content (AvgIpc) is 2.37. The summed E-state index contributed by atoms with van der Waals surface area (Å²) in [4.78, 5) is 21.9. The lowest BCUT2D eigenvalue weighted by Gasteiger charge is -2.17. The standard InChI is InChI=1S/C14H20N2O3/c1-11(2)8-13(9-15-18)16-14(17)19-10-12-6-4-3-5-7-12/h3-7,11,13H,8-10H2,1-2H3,(H,16,17). The van der Waals surface area contributed by atoms with E-state index in [1.807, 2.05) is 44.2 Å². The minimum Gasteiger partial charge on any atom is -0.445 e. The van der Waals surface area contributed by atoms with E-state index in [0.29, 0.717) is 12.3 Å². The summed E-state index contributed by atoms with van der Waals surface area (Å²) in [5.74, 6) is 0.376. The molecule has 0 aliphatic rings. The van der Waals surface area contributed by atoms with Crippen molar-refractivity contribution in [1.82, 2.24) is 5.32 Å². The van der Waals surface area contributed by atoms with Gasteiger partial charge in [0.1, 0.15) is 13.2 Å². The van der Waals surface area contributed by atoms with Crippen LogP contribution in [0.25, 0.3) is 0 Å². The fourth-order valence-corrected chi connectivity index (χ4v) is 1.77. The Morgan fingerprint density at radius 3 is 2.58 bits per heavy atom. The molecule has 1 amide bonds. The van der Waals surface area contributed by atoms with Crippen molar-refractivity contribution in [3.8, 4) is 0 Å². The highest BCUT2D eigenvalue weighted by Gasteiger charge is 2.15. The van der Waals surface area contributed by atoms with Crippen molar-refractivity contribution in [3.05, 3.63) is 40.8 Å². The number of benzene rings is 1. The summed E-state index contributed by atoms with van der Waals surface area (Å²) in [6, 6.07) is 9.17. The zero-order chi connectivity index (χ0) is 14.1. The molecule has 19 heavy (non-hydrogen) atoms. The summed E-state index contributed by atoms with van der Waals surface area (Å²) >= 11 is 0. The number of hydrogen-bond acceptors (Lipinski definition) is 4. The maximum atomic E-state index is 11.6. The van der Waals surface area contributed by atoms with Crippen LogP contribution in [0.15, 0.2) is 35.5 Å². The van der Waals surface area contributed by atoms with Crippen LogP contribution >= 0.6 is 0 Å². The van der Waals surface area contributed by atoms with E-state index in [2.05, 4.69) is 10.5 Å². The smallest absolute Gasteiger partial charge is 0.407 e. The van der Waals surface area contributed by atoms with Gasteiger partial charge in [0.15, 0.2) is 0 Å². The third-order valence-corrected chi connectivity index (χ3v) is 2.59. The van der Waals surface area contributed by atoms with Crippen LogP contribution in [0.1, 0.15) is 25.8 Å². The van der Waals surface area contributed by atoms with Gasteiger partial charge in [-0.3, -0.25) is 0 Å². The SMILES string of the molecule is CC(C)CC(CN=O)NC(=O)OCc1ccccc1. The molecule has 5 nitrogen and oxygen atoms in total. The first-order valence-electron chi connectivity index (χ1n) is 6.38. The van der Waals surface area contributed by atoms with Crippen LogP contribution in [0.5, 0.6) is 0 Å². The predicted molar refractivity (Wildman–Crippen MR) is 73.7 cm³/mol. The van der Waals surface area contributed by atoms with Crippen molar-refractivity contribution >= 4 is 6.09 Å². The maximum absolute atomic E-state index is 11.6. The maximum Gasteiger partial charge on any atom is 0.407 e. The molecule has 1 aromatic carbocycles. The third kappa shape index (κ3) is 6.55. The van der Waals surface area contributed by atoms with Crippen molar-refractivity contribution in [2.24, 2.45) is 11.1 Å². The van der Waals surface area contributed by atoms with Gasteiger partial charge in [-0.25, -0.2) is 4.79 Å². The van der Waals surface area contributed by atoms with E-state index < -0.39 is 6.09 Å². The van der Waals surface area contributed by atoms with Crippen LogP contribution in [-0.4, -0.2) is 18.7 Å². The zero-order valence-electron chi connectivity index (χ0n) is 11.3. The Bertz CT molecular complexity index is 393. The summed E-state index contributed by atoms with van der Waals surface area (Å²) in [6.45, 7) is 4.33. The van der Waals surface area contributed by atoms with Gasteiger partial charge in [-0.05, 0) is 17.9 Å². The molecule has 1 N–H and O–H groups in total. The highest BCUT2D eigenvalue weighted by molar-refractivity contribution is 5.67. The molecule has 0 aliphatic heterocycles. The van der Waals surface area contributed by atoms with Gasteiger partial charge >= 0.3 is 6.09 Å². The van der Waals surface area contributed by atoms with Crippen LogP contribution < -0.4 is 5.32 Å². The molecule has 0 saturated carbocycles. The molecular formula is C14H20N2O3. The van der Waals surface area contributed by atoms with Crippen molar-refractivity contribution in [3.63, 3.8) is 0 Å². The molecule has 0 heterocycles. The van der Waals surface area contributed by atoms with E-state index in [-0.39, 0.29) is 19.2 Å². The lowest BCUT2D eigenvalue weighted by Crippen LogP contribution is -2.38. The molecule has 0 bridgehead atoms. The largest absolute Gasteiger partial charge is 0.445 e. The highest BCUT2D eigenvalue weighted by Crippen LogP contribution is 2.06. The molecule has 1 atom stereocenters. The zero-order valence-corrected chi connectivity index (χ0v) is 11.3. The molecule has 0 radical (unpaired) electrons. The van der Waals surface area contributed by atoms with Gasteiger partial charge in [-0.2, -0.15) is 4.91 Å². The van der Waals surface area contributed by atoms with Gasteiger partial charge in [-0.15, -0.1) is 0 Å². The van der Waals surface area contributed by atoms with Gasteiger partial charge in [0.05, 0.1) is 6.04 Å². The Kier molecular flexibility index (Phi) is 6.57. The second kappa shape index (κ2) is 8.24. The fraction of sp³-hybridized carbons (Fsp3) is 0.500. The third-order valence-electron chi connectivity index (χ3n) is 2.59. The van der Waals surface area contributed by atoms with Crippen molar-refractivity contribution in [1.29, 1.82) is 0 Å². The number of carbonyl (C=O) groups is 1. The average molecular weight is 264 g/mol. The molecular weight excluding hydrogens is 244 g/mol. The van der Waals surface area contributed by atoms with Gasteiger partial charge in [0.25, 0.3) is 0 Å². The monoisotopic (exact) mass is 264 g/mol. The molecule has 0 aromatic heterocycles. The number of carbonyl (C=O) groups excluding carboxylic acids is 1. The van der Waals surface area contributed by atoms with Gasteiger partial charge in [0.2, 0.25) is 0 Å². The van der Waals surface area contributed by atoms with Gasteiger partial charge in [-0.1, -0.05) is 49.4 Å². The Morgan fingerprint density at radius 2 is 2.00 bits per heavy atom. The van der Waals surface area contributed by atoms with Crippen molar-refractivity contribution < 1.29 is 9.53 Å². The molecule has 5 heteroatoms. The van der Waals surface area contributed by atoms with Crippen LogP contribution in [0, 0.1) is 10.8 Å². The minimum absolute atomic E-state index is 0.0681. The van der Waals surface area contributed by atoms with Crippen molar-refractivity contribution in [2.75, 3.05) is 6.54 Å². The summed E-state index contributed by atoms with van der Waals surface area (Å²) in [5.41, 5.74) is 0.923. The molecule has 1 unspecified atom stereocenters. The second-order valence-corrected chi connectivity index (χ2v) is 4.84. The van der Waals surface area contributed by atoms with Crippen molar-refractivity contribution in [2.45, 2.75) is 32.9 Å². The van der Waals surface area contributed by atoms with E-state index in [0.717, 1.165) is 5.56 Å². The van der Waals surface area contributed by atoms with E-state index >= 15 is 0 Å². The first kappa shape index (κ1) is 15.1. The minimum atomic E-state index is -0.516. The van der Waals surface area contributed by atoms with Crippen LogP contribution in [0.4, 0.5) is 4.79 Å². The summed E-state index contributed by atoms with van der Waals surface area (Å²) in [6.07, 6.45) is 0.185. The number of amides is 1. The Balaban J connectivity index is 2.37. The summed E-state index contributed by atoms with van der Waals surface area (Å²) < 4.78 is 5.09. The fourth-order valence-electron chi connectivity index (χ4n) is 1.77. The number of ether oxygens (including phenoxy) is 1. The molecule has 1 aromatic rings. The topological polar surface area (TPSA) is 67.8 Å². The quantitative estimate of drug-likeness (QED) is 0.769. The van der Waals surface area contributed by atoms with E-state index in [1.165, 1.54) is 0 Å². The first-order chi connectivity index (χ1) is 9.11. The van der Waals surface area contributed by atoms with Gasteiger partial charge < -0.3 is 10.1 Å². The molecule has 0 saturated heterocycles. The molecule has 0 aliphatic carbocycles. The number of rotatable bonds is 7. The van der Waals surface area contributed by atoms with Gasteiger partial charge in [0, 0.05) is 0 Å². The summed E-state index contributed by atoms with van der Waals surface area (Å²) in [5, 5.41) is 5.50. The second-order valence-electron chi connectivity index (χ2n) is 4.84. The first-order valence-corrected chi connectivity index (χ1v) is 6.38. The molecule has 1 rings (SSSR count).